The molecule has 0 aromatic heterocycles. The summed E-state index contributed by atoms with van der Waals surface area (Å²) >= 11 is 0. The van der Waals surface area contributed by atoms with E-state index >= 15 is 0 Å². The molecule has 0 bridgehead atoms. The van der Waals surface area contributed by atoms with Gasteiger partial charge >= 0.3 is 0 Å². The normalized spacial score (nSPS) is 9.64. The van der Waals surface area contributed by atoms with Gasteiger partial charge in [0.25, 0.3) is 0 Å². The van der Waals surface area contributed by atoms with Crippen molar-refractivity contribution >= 4 is 5.91 Å². The lowest BCUT2D eigenvalue weighted by Gasteiger charge is -1.60. The van der Waals surface area contributed by atoms with Crippen molar-refractivity contribution in [2.24, 2.45) is 5.73 Å². The molecule has 1 amide bonds. The van der Waals surface area contributed by atoms with Crippen LogP contribution in [-0.2, 0) is 4.79 Å². The molecule has 2 N–H and O–H groups in total. The molecule has 0 atom stereocenters. The fourth-order valence-electron chi connectivity index (χ4n) is 0.758. The third-order valence-corrected chi connectivity index (χ3v) is 1.23. The molecule has 0 aromatic carbocycles. The third-order valence-electron chi connectivity index (χ3n) is 1.23. The molecule has 11 heavy (non-hydrogen) atoms. The molecule has 0 radical (unpaired) electrons. The van der Waals surface area contributed by atoms with Crippen molar-refractivity contribution in [1.82, 2.24) is 0 Å². The summed E-state index contributed by atoms with van der Waals surface area (Å²) in [6.07, 6.45) is 0. The Morgan fingerprint density at radius 3 is 2.00 bits per heavy atom. The Hall–Kier alpha value is -1.38. The van der Waals surface area contributed by atoms with Crippen LogP contribution < -0.4 is 5.73 Å². The quantitative estimate of drug-likeness (QED) is 0.609. The SMILES string of the molecule is CC(N)=O.Fc1c2cccc1-2. The van der Waals surface area contributed by atoms with Crippen molar-refractivity contribution in [3.8, 4) is 11.1 Å². The Morgan fingerprint density at radius 1 is 1.45 bits per heavy atom. The Labute approximate surface area is 63.8 Å². The van der Waals surface area contributed by atoms with Gasteiger partial charge in [0.1, 0.15) is 5.82 Å². The van der Waals surface area contributed by atoms with E-state index < -0.39 is 0 Å². The summed E-state index contributed by atoms with van der Waals surface area (Å²) in [5.74, 6) is -0.345. The van der Waals surface area contributed by atoms with Crippen LogP contribution in [0.1, 0.15) is 6.92 Å². The Bertz CT molecular complexity index is 272. The van der Waals surface area contributed by atoms with Crippen LogP contribution in [0.2, 0.25) is 0 Å². The van der Waals surface area contributed by atoms with Gasteiger partial charge in [-0.05, 0) is 0 Å². The molecule has 3 heteroatoms. The zero-order valence-corrected chi connectivity index (χ0v) is 6.10. The molecule has 0 spiro atoms. The van der Waals surface area contributed by atoms with Crippen LogP contribution >= 0.6 is 0 Å². The van der Waals surface area contributed by atoms with E-state index in [9.17, 15) is 9.18 Å². The third kappa shape index (κ3) is 1.77. The number of rotatable bonds is 0. The highest BCUT2D eigenvalue weighted by Gasteiger charge is 2.22. The number of hydrogen-bond acceptors (Lipinski definition) is 1. The van der Waals surface area contributed by atoms with Crippen LogP contribution in [0.3, 0.4) is 0 Å². The average Bonchev–Trinajstić information content (AvgIpc) is 2.41. The fourth-order valence-corrected chi connectivity index (χ4v) is 0.758. The van der Waals surface area contributed by atoms with Crippen LogP contribution in [0, 0.1) is 5.82 Å². The average molecular weight is 153 g/mol. The second kappa shape index (κ2) is 2.70. The summed E-state index contributed by atoms with van der Waals surface area (Å²) in [5, 5.41) is 0. The molecule has 0 aromatic rings. The summed E-state index contributed by atoms with van der Waals surface area (Å²) in [7, 11) is 0. The van der Waals surface area contributed by atoms with Crippen molar-refractivity contribution in [3.05, 3.63) is 24.0 Å². The first-order valence-corrected chi connectivity index (χ1v) is 3.18. The van der Waals surface area contributed by atoms with Crippen LogP contribution in [0.15, 0.2) is 18.2 Å². The van der Waals surface area contributed by atoms with Gasteiger partial charge in [-0.25, -0.2) is 4.39 Å². The zero-order valence-electron chi connectivity index (χ0n) is 6.10. The van der Waals surface area contributed by atoms with E-state index in [0.717, 1.165) is 11.1 Å². The summed E-state index contributed by atoms with van der Waals surface area (Å²) in [6, 6.07) is 5.42. The summed E-state index contributed by atoms with van der Waals surface area (Å²) in [5.41, 5.74) is 6.08. The number of fused-ring (bicyclic) bond motifs is 1. The topological polar surface area (TPSA) is 43.1 Å². The zero-order chi connectivity index (χ0) is 8.43. The van der Waals surface area contributed by atoms with Gasteiger partial charge in [0.05, 0.1) is 0 Å². The summed E-state index contributed by atoms with van der Waals surface area (Å²) in [4.78, 5) is 9.22. The van der Waals surface area contributed by atoms with Crippen molar-refractivity contribution in [3.63, 3.8) is 0 Å². The Kier molecular flexibility index (Phi) is 1.89. The molecule has 58 valence electrons. The minimum atomic E-state index is -0.333. The standard InChI is InChI=1S/C6H3F.C2H5NO/c7-6-4-2-1-3-5(4)6;1-2(3)4/h1-3H;1H3,(H2,3,4). The van der Waals surface area contributed by atoms with Crippen molar-refractivity contribution in [1.29, 1.82) is 0 Å². The number of amides is 1. The van der Waals surface area contributed by atoms with E-state index in [2.05, 4.69) is 5.73 Å². The maximum Gasteiger partial charge on any atom is 0.214 e. The molecular formula is C8H8FNO. The van der Waals surface area contributed by atoms with Gasteiger partial charge < -0.3 is 5.73 Å². The molecule has 0 aliphatic heterocycles. The van der Waals surface area contributed by atoms with Crippen molar-refractivity contribution in [2.45, 2.75) is 6.92 Å². The number of hydrogen-bond donors (Lipinski definition) is 1. The highest BCUT2D eigenvalue weighted by molar-refractivity contribution is 5.82. The predicted molar refractivity (Wildman–Crippen MR) is 40.3 cm³/mol. The van der Waals surface area contributed by atoms with Crippen LogP contribution in [-0.4, -0.2) is 5.91 Å². The predicted octanol–water partition coefficient (Wildman–Crippen LogP) is 1.30. The molecular weight excluding hydrogens is 145 g/mol. The number of primary amides is 1. The van der Waals surface area contributed by atoms with Gasteiger partial charge in [-0.1, -0.05) is 18.2 Å². The molecule has 0 unspecified atom stereocenters. The first kappa shape index (κ1) is 7.72. The molecule has 0 saturated heterocycles. The monoisotopic (exact) mass is 153 g/mol. The van der Waals surface area contributed by atoms with E-state index in [1.807, 2.05) is 6.07 Å². The van der Waals surface area contributed by atoms with Gasteiger partial charge in [-0.2, -0.15) is 0 Å². The minimum Gasteiger partial charge on any atom is -0.370 e. The largest absolute Gasteiger partial charge is 0.370 e. The lowest BCUT2D eigenvalue weighted by Crippen LogP contribution is -2.01. The van der Waals surface area contributed by atoms with Gasteiger partial charge in [0.2, 0.25) is 5.91 Å². The second-order valence-corrected chi connectivity index (χ2v) is 2.28. The number of carbonyl (C=O) groups is 1. The van der Waals surface area contributed by atoms with Gasteiger partial charge in [-0.15, -0.1) is 0 Å². The lowest BCUT2D eigenvalue weighted by atomic mass is 10.6. The molecule has 0 fully saturated rings. The Balaban J connectivity index is 0.000000134. The van der Waals surface area contributed by atoms with Crippen LogP contribution in [0.4, 0.5) is 4.39 Å². The van der Waals surface area contributed by atoms with Gasteiger partial charge in [0.15, 0.2) is 0 Å². The summed E-state index contributed by atoms with van der Waals surface area (Å²) in [6.45, 7) is 1.31. The highest BCUT2D eigenvalue weighted by Crippen LogP contribution is 2.39. The van der Waals surface area contributed by atoms with Gasteiger partial charge in [0, 0.05) is 18.1 Å². The molecule has 2 nitrogen and oxygen atoms in total. The molecule has 0 heterocycles. The fraction of sp³-hybridized carbons (Fsp3) is 0.125. The van der Waals surface area contributed by atoms with E-state index in [-0.39, 0.29) is 11.7 Å². The van der Waals surface area contributed by atoms with E-state index in [4.69, 9.17) is 0 Å². The van der Waals surface area contributed by atoms with E-state index in [0.29, 0.717) is 0 Å². The van der Waals surface area contributed by atoms with Crippen molar-refractivity contribution < 1.29 is 9.18 Å². The smallest absolute Gasteiger partial charge is 0.214 e. The molecule has 0 saturated carbocycles. The maximum atomic E-state index is 12.0. The van der Waals surface area contributed by atoms with E-state index in [1.165, 1.54) is 6.92 Å². The number of halogens is 1. The highest BCUT2D eigenvalue weighted by atomic mass is 19.1. The van der Waals surface area contributed by atoms with Crippen molar-refractivity contribution in [2.75, 3.05) is 0 Å². The number of nitrogens with two attached hydrogens (primary N) is 1. The van der Waals surface area contributed by atoms with Crippen LogP contribution in [0.25, 0.3) is 11.1 Å². The minimum absolute atomic E-state index is 0.0116. The van der Waals surface area contributed by atoms with Crippen LogP contribution in [0.5, 0.6) is 0 Å². The Morgan fingerprint density at radius 2 is 1.82 bits per heavy atom. The first-order chi connectivity index (χ1) is 5.13. The summed E-state index contributed by atoms with van der Waals surface area (Å²) < 4.78 is 12.0. The second-order valence-electron chi connectivity index (χ2n) is 2.28. The maximum absolute atomic E-state index is 12.0. The first-order valence-electron chi connectivity index (χ1n) is 3.18. The molecule has 2 aliphatic rings. The lowest BCUT2D eigenvalue weighted by molar-refractivity contribution is -0.115. The van der Waals surface area contributed by atoms with E-state index in [1.54, 1.807) is 12.1 Å². The van der Waals surface area contributed by atoms with Gasteiger partial charge in [-0.3, -0.25) is 4.79 Å². The number of carbonyl (C=O) groups excluding carboxylic acids is 1. The molecule has 2 aliphatic carbocycles. The number of benzene rings is 1. The molecule has 2 rings (SSSR count).